The molecule has 0 radical (unpaired) electrons. The van der Waals surface area contributed by atoms with Crippen molar-refractivity contribution < 1.29 is 19.4 Å². The lowest BCUT2D eigenvalue weighted by molar-refractivity contribution is -0.136. The van der Waals surface area contributed by atoms with Gasteiger partial charge in [-0.25, -0.2) is 0 Å². The van der Waals surface area contributed by atoms with Crippen LogP contribution < -0.4 is 4.74 Å². The van der Waals surface area contributed by atoms with Crippen LogP contribution in [-0.4, -0.2) is 35.0 Å². The summed E-state index contributed by atoms with van der Waals surface area (Å²) in [6.07, 6.45) is 5.93. The van der Waals surface area contributed by atoms with Gasteiger partial charge in [-0.05, 0) is 42.7 Å². The largest absolute Gasteiger partial charge is 0.504 e. The SMILES string of the molecule is O=C(C[C@@H]1CCN(C(=O)Cc2ccccc2)C1)Oc1cccc(C2CCCC2)c1O. The van der Waals surface area contributed by atoms with E-state index in [1.165, 1.54) is 12.8 Å². The number of esters is 1. The number of ether oxygens (including phenoxy) is 1. The molecule has 0 bridgehead atoms. The third kappa shape index (κ3) is 4.84. The van der Waals surface area contributed by atoms with Gasteiger partial charge in [0, 0.05) is 18.7 Å². The minimum absolute atomic E-state index is 0.0948. The molecule has 2 aromatic carbocycles. The second-order valence-electron chi connectivity index (χ2n) is 8.51. The molecule has 1 N–H and O–H groups in total. The number of likely N-dealkylation sites (tertiary alicyclic amines) is 1. The highest BCUT2D eigenvalue weighted by atomic mass is 16.5. The number of amides is 1. The van der Waals surface area contributed by atoms with Crippen LogP contribution in [0.15, 0.2) is 48.5 Å². The van der Waals surface area contributed by atoms with Crippen LogP contribution in [0, 0.1) is 5.92 Å². The molecule has 5 heteroatoms. The number of para-hydroxylation sites is 1. The zero-order valence-corrected chi connectivity index (χ0v) is 17.3. The molecule has 1 heterocycles. The number of phenols is 1. The fourth-order valence-electron chi connectivity index (χ4n) is 4.70. The molecule has 0 aromatic heterocycles. The van der Waals surface area contributed by atoms with Gasteiger partial charge in [0.15, 0.2) is 11.5 Å². The molecule has 30 heavy (non-hydrogen) atoms. The highest BCUT2D eigenvalue weighted by Gasteiger charge is 2.29. The van der Waals surface area contributed by atoms with E-state index in [1.54, 1.807) is 6.07 Å². The molecule has 1 saturated carbocycles. The van der Waals surface area contributed by atoms with Crippen molar-refractivity contribution in [1.82, 2.24) is 4.90 Å². The summed E-state index contributed by atoms with van der Waals surface area (Å²) < 4.78 is 5.51. The monoisotopic (exact) mass is 407 g/mol. The van der Waals surface area contributed by atoms with Crippen molar-refractivity contribution in [2.45, 2.75) is 50.9 Å². The predicted octanol–water partition coefficient (Wildman–Crippen LogP) is 4.44. The lowest BCUT2D eigenvalue weighted by Gasteiger charge is -2.17. The molecule has 1 amide bonds. The molecule has 2 fully saturated rings. The van der Waals surface area contributed by atoms with Gasteiger partial charge >= 0.3 is 5.97 Å². The highest BCUT2D eigenvalue weighted by Crippen LogP contribution is 2.42. The Morgan fingerprint density at radius 2 is 1.77 bits per heavy atom. The smallest absolute Gasteiger partial charge is 0.311 e. The second kappa shape index (κ2) is 9.33. The Kier molecular flexibility index (Phi) is 6.36. The van der Waals surface area contributed by atoms with Crippen molar-refractivity contribution in [3.05, 3.63) is 59.7 Å². The van der Waals surface area contributed by atoms with E-state index in [1.807, 2.05) is 47.4 Å². The first-order chi connectivity index (χ1) is 14.6. The molecule has 2 aliphatic rings. The fraction of sp³-hybridized carbons (Fsp3) is 0.440. The predicted molar refractivity (Wildman–Crippen MR) is 114 cm³/mol. The summed E-state index contributed by atoms with van der Waals surface area (Å²) in [7, 11) is 0. The van der Waals surface area contributed by atoms with Gasteiger partial charge in [-0.1, -0.05) is 55.3 Å². The number of carbonyl (C=O) groups excluding carboxylic acids is 2. The molecule has 1 aliphatic heterocycles. The topological polar surface area (TPSA) is 66.8 Å². The van der Waals surface area contributed by atoms with E-state index in [2.05, 4.69) is 0 Å². The average molecular weight is 408 g/mol. The Labute approximate surface area is 177 Å². The maximum atomic E-state index is 12.5. The van der Waals surface area contributed by atoms with E-state index in [0.717, 1.165) is 30.4 Å². The molecule has 0 spiro atoms. The van der Waals surface area contributed by atoms with E-state index in [4.69, 9.17) is 4.74 Å². The summed E-state index contributed by atoms with van der Waals surface area (Å²) in [5.41, 5.74) is 1.89. The molecule has 0 unspecified atom stereocenters. The van der Waals surface area contributed by atoms with Crippen LogP contribution in [0.3, 0.4) is 0 Å². The Hall–Kier alpha value is -2.82. The summed E-state index contributed by atoms with van der Waals surface area (Å²) in [6, 6.07) is 15.1. The van der Waals surface area contributed by atoms with E-state index < -0.39 is 0 Å². The number of hydrogen-bond donors (Lipinski definition) is 1. The van der Waals surface area contributed by atoms with Crippen LogP contribution in [0.1, 0.15) is 55.6 Å². The van der Waals surface area contributed by atoms with Crippen LogP contribution >= 0.6 is 0 Å². The molecule has 158 valence electrons. The van der Waals surface area contributed by atoms with Gasteiger partial charge in [0.1, 0.15) is 0 Å². The van der Waals surface area contributed by atoms with Gasteiger partial charge < -0.3 is 14.7 Å². The molecule has 1 atom stereocenters. The van der Waals surface area contributed by atoms with E-state index in [9.17, 15) is 14.7 Å². The van der Waals surface area contributed by atoms with Gasteiger partial charge in [-0.3, -0.25) is 9.59 Å². The Morgan fingerprint density at radius 3 is 2.53 bits per heavy atom. The molecular weight excluding hydrogens is 378 g/mol. The number of rotatable bonds is 6. The zero-order valence-electron chi connectivity index (χ0n) is 17.3. The molecule has 4 rings (SSSR count). The average Bonchev–Trinajstić information content (AvgIpc) is 3.43. The highest BCUT2D eigenvalue weighted by molar-refractivity contribution is 5.79. The van der Waals surface area contributed by atoms with Crippen molar-refractivity contribution in [3.63, 3.8) is 0 Å². The molecule has 1 aliphatic carbocycles. The molecule has 1 saturated heterocycles. The van der Waals surface area contributed by atoms with Crippen LogP contribution in [0.5, 0.6) is 11.5 Å². The van der Waals surface area contributed by atoms with Crippen LogP contribution in [0.25, 0.3) is 0 Å². The quantitative estimate of drug-likeness (QED) is 0.568. The number of carbonyl (C=O) groups is 2. The van der Waals surface area contributed by atoms with Crippen molar-refractivity contribution in [1.29, 1.82) is 0 Å². The van der Waals surface area contributed by atoms with E-state index in [0.29, 0.717) is 25.4 Å². The number of aromatic hydroxyl groups is 1. The first-order valence-corrected chi connectivity index (χ1v) is 10.9. The second-order valence-corrected chi connectivity index (χ2v) is 8.51. The molecule has 5 nitrogen and oxygen atoms in total. The van der Waals surface area contributed by atoms with Crippen LogP contribution in [0.4, 0.5) is 0 Å². The van der Waals surface area contributed by atoms with Crippen LogP contribution in [-0.2, 0) is 16.0 Å². The minimum atomic E-state index is -0.351. The summed E-state index contributed by atoms with van der Waals surface area (Å²) in [5.74, 6) is 0.540. The summed E-state index contributed by atoms with van der Waals surface area (Å²) in [4.78, 5) is 26.8. The Balaban J connectivity index is 1.30. The van der Waals surface area contributed by atoms with Crippen molar-refractivity contribution in [3.8, 4) is 11.5 Å². The molecule has 2 aromatic rings. The fourth-order valence-corrected chi connectivity index (χ4v) is 4.70. The number of phenolic OH excluding ortho intramolecular Hbond substituents is 1. The third-order valence-corrected chi connectivity index (χ3v) is 6.34. The Bertz CT molecular complexity index is 889. The van der Waals surface area contributed by atoms with Gasteiger partial charge in [0.05, 0.1) is 12.8 Å². The maximum absolute atomic E-state index is 12.5. The van der Waals surface area contributed by atoms with Gasteiger partial charge in [0.25, 0.3) is 0 Å². The van der Waals surface area contributed by atoms with Gasteiger partial charge in [-0.2, -0.15) is 0 Å². The number of benzene rings is 2. The number of nitrogens with zero attached hydrogens (tertiary/aromatic N) is 1. The Morgan fingerprint density at radius 1 is 1.00 bits per heavy atom. The maximum Gasteiger partial charge on any atom is 0.311 e. The first-order valence-electron chi connectivity index (χ1n) is 10.9. The van der Waals surface area contributed by atoms with Crippen molar-refractivity contribution in [2.75, 3.05) is 13.1 Å². The third-order valence-electron chi connectivity index (χ3n) is 6.34. The van der Waals surface area contributed by atoms with Gasteiger partial charge in [0.2, 0.25) is 5.91 Å². The van der Waals surface area contributed by atoms with Crippen LogP contribution in [0.2, 0.25) is 0 Å². The summed E-state index contributed by atoms with van der Waals surface area (Å²) in [6.45, 7) is 1.25. The van der Waals surface area contributed by atoms with Gasteiger partial charge in [-0.15, -0.1) is 0 Å². The van der Waals surface area contributed by atoms with E-state index >= 15 is 0 Å². The lowest BCUT2D eigenvalue weighted by atomic mass is 9.96. The normalized spacial score (nSPS) is 19.2. The zero-order chi connectivity index (χ0) is 20.9. The lowest BCUT2D eigenvalue weighted by Crippen LogP contribution is -2.30. The van der Waals surface area contributed by atoms with Crippen molar-refractivity contribution >= 4 is 11.9 Å². The standard InChI is InChI=1S/C25H29NO4/c27-23(15-18-7-2-1-3-8-18)26-14-13-19(17-26)16-24(28)30-22-12-6-11-21(25(22)29)20-9-4-5-10-20/h1-3,6-8,11-12,19-20,29H,4-5,9-10,13-17H2/t19-/m0/s1. The molecular formula is C25H29NO4. The van der Waals surface area contributed by atoms with E-state index in [-0.39, 0.29) is 35.7 Å². The summed E-state index contributed by atoms with van der Waals surface area (Å²) >= 11 is 0. The minimum Gasteiger partial charge on any atom is -0.504 e. The first kappa shape index (κ1) is 20.5. The summed E-state index contributed by atoms with van der Waals surface area (Å²) in [5, 5.41) is 10.6. The van der Waals surface area contributed by atoms with Crippen molar-refractivity contribution in [2.24, 2.45) is 5.92 Å². The number of hydrogen-bond acceptors (Lipinski definition) is 4.